The zero-order valence-corrected chi connectivity index (χ0v) is 10.9. The maximum absolute atomic E-state index is 12.2. The molecule has 1 heterocycles. The molecular formula is C12H14N4O3. The monoisotopic (exact) mass is 262 g/mol. The summed E-state index contributed by atoms with van der Waals surface area (Å²) < 4.78 is 5.84. The number of hydrogen-bond acceptors (Lipinski definition) is 4. The predicted molar refractivity (Wildman–Crippen MR) is 70.2 cm³/mol. The number of rotatable bonds is 1. The van der Waals surface area contributed by atoms with Crippen molar-refractivity contribution in [1.29, 1.82) is 0 Å². The third kappa shape index (κ3) is 2.35. The molecule has 0 spiro atoms. The van der Waals surface area contributed by atoms with Crippen LogP contribution in [0, 0.1) is 0 Å². The standard InChI is InChI=1S/C12H14N4O3/c1-15(2)12(18)16-9-7-5-4-6-8(9)13-10(16)14-11(17)19-3/h4-7H,1-3H3,(H,13,14,17). The van der Waals surface area contributed by atoms with E-state index in [1.54, 1.807) is 32.3 Å². The second kappa shape index (κ2) is 4.97. The quantitative estimate of drug-likeness (QED) is 0.849. The molecule has 100 valence electrons. The summed E-state index contributed by atoms with van der Waals surface area (Å²) in [5.74, 6) is 0.131. The number of benzene rings is 1. The number of carbonyl (C=O) groups excluding carboxylic acids is 2. The van der Waals surface area contributed by atoms with Crippen LogP contribution in [0.4, 0.5) is 15.5 Å². The second-order valence-corrected chi connectivity index (χ2v) is 4.05. The molecule has 0 bridgehead atoms. The lowest BCUT2D eigenvalue weighted by Gasteiger charge is -2.13. The first-order valence-corrected chi connectivity index (χ1v) is 5.58. The van der Waals surface area contributed by atoms with E-state index in [1.807, 2.05) is 6.07 Å². The Morgan fingerprint density at radius 2 is 2.00 bits per heavy atom. The average Bonchev–Trinajstić information content (AvgIpc) is 2.75. The van der Waals surface area contributed by atoms with Crippen molar-refractivity contribution in [2.24, 2.45) is 0 Å². The van der Waals surface area contributed by atoms with Gasteiger partial charge in [0, 0.05) is 14.1 Å². The first kappa shape index (κ1) is 12.9. The molecule has 0 aliphatic heterocycles. The van der Waals surface area contributed by atoms with E-state index in [1.165, 1.54) is 16.6 Å². The number of anilines is 1. The van der Waals surface area contributed by atoms with E-state index in [9.17, 15) is 9.59 Å². The molecule has 0 atom stereocenters. The molecule has 0 aliphatic carbocycles. The number of aromatic nitrogens is 2. The van der Waals surface area contributed by atoms with E-state index in [-0.39, 0.29) is 12.0 Å². The molecule has 0 radical (unpaired) electrons. The molecule has 0 unspecified atom stereocenters. The summed E-state index contributed by atoms with van der Waals surface area (Å²) in [7, 11) is 4.49. The molecule has 0 saturated heterocycles. The summed E-state index contributed by atoms with van der Waals surface area (Å²) >= 11 is 0. The zero-order valence-electron chi connectivity index (χ0n) is 10.9. The Labute approximate surface area is 109 Å². The normalized spacial score (nSPS) is 10.3. The van der Waals surface area contributed by atoms with Gasteiger partial charge in [-0.1, -0.05) is 12.1 Å². The van der Waals surface area contributed by atoms with Gasteiger partial charge >= 0.3 is 12.1 Å². The molecule has 0 fully saturated rings. The number of nitrogens with zero attached hydrogens (tertiary/aromatic N) is 3. The van der Waals surface area contributed by atoms with Crippen molar-refractivity contribution in [2.45, 2.75) is 0 Å². The molecule has 0 saturated carbocycles. The maximum Gasteiger partial charge on any atom is 0.413 e. The van der Waals surface area contributed by atoms with Crippen molar-refractivity contribution in [1.82, 2.24) is 14.5 Å². The van der Waals surface area contributed by atoms with Crippen LogP contribution in [0.1, 0.15) is 0 Å². The van der Waals surface area contributed by atoms with Crippen LogP contribution in [0.15, 0.2) is 24.3 Å². The van der Waals surface area contributed by atoms with Gasteiger partial charge in [0.05, 0.1) is 18.1 Å². The van der Waals surface area contributed by atoms with Crippen LogP contribution < -0.4 is 5.32 Å². The van der Waals surface area contributed by atoms with Gasteiger partial charge < -0.3 is 9.64 Å². The molecule has 2 amide bonds. The highest BCUT2D eigenvalue weighted by molar-refractivity contribution is 5.96. The number of ether oxygens (including phenoxy) is 1. The Morgan fingerprint density at radius 1 is 1.32 bits per heavy atom. The minimum absolute atomic E-state index is 0.131. The van der Waals surface area contributed by atoms with E-state index < -0.39 is 6.09 Å². The predicted octanol–water partition coefficient (Wildman–Crippen LogP) is 1.74. The Kier molecular flexibility index (Phi) is 3.37. The number of carbonyl (C=O) groups is 2. The van der Waals surface area contributed by atoms with E-state index in [0.29, 0.717) is 11.0 Å². The van der Waals surface area contributed by atoms with Crippen molar-refractivity contribution < 1.29 is 14.3 Å². The number of methoxy groups -OCH3 is 1. The van der Waals surface area contributed by atoms with Gasteiger partial charge in [0.1, 0.15) is 0 Å². The molecule has 19 heavy (non-hydrogen) atoms. The lowest BCUT2D eigenvalue weighted by atomic mass is 10.3. The molecule has 2 aromatic rings. The fraction of sp³-hybridized carbons (Fsp3) is 0.250. The van der Waals surface area contributed by atoms with Crippen molar-refractivity contribution in [3.63, 3.8) is 0 Å². The van der Waals surface area contributed by atoms with Crippen molar-refractivity contribution in [3.8, 4) is 0 Å². The van der Waals surface area contributed by atoms with Gasteiger partial charge in [0.15, 0.2) is 0 Å². The average molecular weight is 262 g/mol. The van der Waals surface area contributed by atoms with Crippen molar-refractivity contribution in [2.75, 3.05) is 26.5 Å². The minimum atomic E-state index is -0.678. The van der Waals surface area contributed by atoms with Crippen LogP contribution >= 0.6 is 0 Å². The van der Waals surface area contributed by atoms with Crippen LogP contribution in [0.5, 0.6) is 0 Å². The molecule has 2 rings (SSSR count). The minimum Gasteiger partial charge on any atom is -0.453 e. The van der Waals surface area contributed by atoms with Gasteiger partial charge in [-0.25, -0.2) is 19.1 Å². The fourth-order valence-corrected chi connectivity index (χ4v) is 1.65. The molecule has 7 nitrogen and oxygen atoms in total. The highest BCUT2D eigenvalue weighted by Gasteiger charge is 2.19. The zero-order chi connectivity index (χ0) is 14.0. The van der Waals surface area contributed by atoms with Crippen LogP contribution in [-0.2, 0) is 4.74 Å². The molecule has 1 aromatic carbocycles. The van der Waals surface area contributed by atoms with E-state index in [4.69, 9.17) is 0 Å². The number of nitrogens with one attached hydrogen (secondary N) is 1. The maximum atomic E-state index is 12.2. The number of amides is 2. The van der Waals surface area contributed by atoms with Crippen LogP contribution in [0.2, 0.25) is 0 Å². The highest BCUT2D eigenvalue weighted by atomic mass is 16.5. The Morgan fingerprint density at radius 3 is 2.63 bits per heavy atom. The molecule has 1 N–H and O–H groups in total. The largest absolute Gasteiger partial charge is 0.453 e. The molecule has 7 heteroatoms. The van der Waals surface area contributed by atoms with Gasteiger partial charge in [0.2, 0.25) is 5.95 Å². The Hall–Kier alpha value is -2.57. The van der Waals surface area contributed by atoms with Crippen LogP contribution in [-0.4, -0.2) is 47.8 Å². The van der Waals surface area contributed by atoms with Gasteiger partial charge in [-0.15, -0.1) is 0 Å². The van der Waals surface area contributed by atoms with E-state index in [2.05, 4.69) is 15.0 Å². The third-order valence-corrected chi connectivity index (χ3v) is 2.53. The lowest BCUT2D eigenvalue weighted by molar-refractivity contribution is 0.186. The van der Waals surface area contributed by atoms with Crippen LogP contribution in [0.3, 0.4) is 0 Å². The topological polar surface area (TPSA) is 76.5 Å². The summed E-state index contributed by atoms with van der Waals surface area (Å²) in [6, 6.07) is 6.82. The van der Waals surface area contributed by atoms with Crippen molar-refractivity contribution >= 4 is 29.1 Å². The first-order chi connectivity index (χ1) is 9.04. The van der Waals surface area contributed by atoms with Gasteiger partial charge in [-0.3, -0.25) is 5.32 Å². The first-order valence-electron chi connectivity index (χ1n) is 5.58. The van der Waals surface area contributed by atoms with Crippen molar-refractivity contribution in [3.05, 3.63) is 24.3 Å². The number of fused-ring (bicyclic) bond motifs is 1. The van der Waals surface area contributed by atoms with Crippen LogP contribution in [0.25, 0.3) is 11.0 Å². The second-order valence-electron chi connectivity index (χ2n) is 4.05. The van der Waals surface area contributed by atoms with E-state index in [0.717, 1.165) is 0 Å². The molecule has 0 aliphatic rings. The van der Waals surface area contributed by atoms with Gasteiger partial charge in [0.25, 0.3) is 0 Å². The number of hydrogen-bond donors (Lipinski definition) is 1. The summed E-state index contributed by atoms with van der Waals surface area (Å²) in [6.45, 7) is 0. The van der Waals surface area contributed by atoms with Gasteiger partial charge in [-0.05, 0) is 12.1 Å². The fourth-order valence-electron chi connectivity index (χ4n) is 1.65. The number of imidazole rings is 1. The molecule has 1 aromatic heterocycles. The SMILES string of the molecule is COC(=O)Nc1nc2ccccc2n1C(=O)N(C)C. The Balaban J connectivity index is 2.58. The van der Waals surface area contributed by atoms with E-state index >= 15 is 0 Å². The smallest absolute Gasteiger partial charge is 0.413 e. The highest BCUT2D eigenvalue weighted by Crippen LogP contribution is 2.20. The Bertz CT molecular complexity index is 633. The summed E-state index contributed by atoms with van der Waals surface area (Å²) in [5.41, 5.74) is 1.23. The lowest BCUT2D eigenvalue weighted by Crippen LogP contribution is -2.29. The van der Waals surface area contributed by atoms with Gasteiger partial charge in [-0.2, -0.15) is 0 Å². The number of para-hydroxylation sites is 2. The third-order valence-electron chi connectivity index (χ3n) is 2.53. The summed E-state index contributed by atoms with van der Waals surface area (Å²) in [4.78, 5) is 29.1. The summed E-state index contributed by atoms with van der Waals surface area (Å²) in [5, 5.41) is 2.43. The molecular weight excluding hydrogens is 248 g/mol. The summed E-state index contributed by atoms with van der Waals surface area (Å²) in [6.07, 6.45) is -0.678.